The summed E-state index contributed by atoms with van der Waals surface area (Å²) < 4.78 is 26.0. The van der Waals surface area contributed by atoms with Gasteiger partial charge in [-0.15, -0.1) is 0 Å². The summed E-state index contributed by atoms with van der Waals surface area (Å²) in [5.41, 5.74) is 7.42. The number of hydrogen-bond donors (Lipinski definition) is 2. The zero-order chi connectivity index (χ0) is 14.0. The van der Waals surface area contributed by atoms with Gasteiger partial charge in [0, 0.05) is 13.1 Å². The molecule has 6 heteroatoms. The molecule has 106 valence electrons. The van der Waals surface area contributed by atoms with Gasteiger partial charge < -0.3 is 10.6 Å². The van der Waals surface area contributed by atoms with E-state index in [1.54, 1.807) is 12.1 Å². The van der Waals surface area contributed by atoms with Crippen LogP contribution < -0.4 is 15.4 Å². The molecule has 0 unspecified atom stereocenters. The molecule has 1 aromatic rings. The Bertz CT molecular complexity index is 553. The van der Waals surface area contributed by atoms with E-state index in [0.717, 1.165) is 24.7 Å². The van der Waals surface area contributed by atoms with Gasteiger partial charge in [0.05, 0.1) is 16.3 Å². The van der Waals surface area contributed by atoms with Gasteiger partial charge in [-0.1, -0.05) is 0 Å². The van der Waals surface area contributed by atoms with Gasteiger partial charge in [-0.05, 0) is 50.9 Å². The molecule has 1 aliphatic rings. The van der Waals surface area contributed by atoms with E-state index >= 15 is 0 Å². The Kier molecular flexibility index (Phi) is 4.01. The van der Waals surface area contributed by atoms with Gasteiger partial charge in [0.2, 0.25) is 10.0 Å². The third kappa shape index (κ3) is 3.19. The minimum Gasteiger partial charge on any atom is -0.397 e. The first-order valence-electron chi connectivity index (χ1n) is 6.56. The summed E-state index contributed by atoms with van der Waals surface area (Å²) in [6, 6.07) is 4.86. The van der Waals surface area contributed by atoms with Crippen LogP contribution in [0.25, 0.3) is 0 Å². The molecule has 0 saturated heterocycles. The molecule has 1 aliphatic carbocycles. The van der Waals surface area contributed by atoms with Crippen molar-refractivity contribution in [2.24, 2.45) is 5.92 Å². The molecular formula is C13H21N3O2S. The molecule has 2 rings (SSSR count). The van der Waals surface area contributed by atoms with E-state index in [0.29, 0.717) is 5.69 Å². The maximum atomic E-state index is 11.8. The molecule has 0 aromatic heterocycles. The molecule has 0 heterocycles. The minimum atomic E-state index is -3.42. The Hall–Kier alpha value is -1.27. The number of benzene rings is 1. The summed E-state index contributed by atoms with van der Waals surface area (Å²) in [5, 5.41) is 0. The van der Waals surface area contributed by atoms with Crippen molar-refractivity contribution in [1.82, 2.24) is 4.72 Å². The van der Waals surface area contributed by atoms with Crippen LogP contribution in [0.3, 0.4) is 0 Å². The second-order valence-corrected chi connectivity index (χ2v) is 6.80. The van der Waals surface area contributed by atoms with Gasteiger partial charge in [0.25, 0.3) is 0 Å². The van der Waals surface area contributed by atoms with Crippen molar-refractivity contribution >= 4 is 21.4 Å². The number of rotatable bonds is 6. The van der Waals surface area contributed by atoms with Crippen molar-refractivity contribution in [1.29, 1.82) is 0 Å². The lowest BCUT2D eigenvalue weighted by Gasteiger charge is -2.25. The van der Waals surface area contributed by atoms with Crippen LogP contribution in [0.1, 0.15) is 19.8 Å². The standard InChI is InChI=1S/C13H21N3O2S/c1-3-16(9-10-4-5-10)13-8-11(6-7-12(13)14)19(17,18)15-2/h6-8,10,15H,3-5,9,14H2,1-2H3. The Morgan fingerprint density at radius 2 is 2.11 bits per heavy atom. The molecule has 0 amide bonds. The highest BCUT2D eigenvalue weighted by Gasteiger charge is 2.25. The van der Waals surface area contributed by atoms with E-state index < -0.39 is 10.0 Å². The summed E-state index contributed by atoms with van der Waals surface area (Å²) in [6.45, 7) is 3.83. The maximum Gasteiger partial charge on any atom is 0.240 e. The van der Waals surface area contributed by atoms with Gasteiger partial charge in [-0.3, -0.25) is 0 Å². The Labute approximate surface area is 114 Å². The fourth-order valence-electron chi connectivity index (χ4n) is 2.09. The zero-order valence-corrected chi connectivity index (χ0v) is 12.2. The first kappa shape index (κ1) is 14.1. The maximum absolute atomic E-state index is 11.8. The Morgan fingerprint density at radius 1 is 1.42 bits per heavy atom. The van der Waals surface area contributed by atoms with Crippen LogP contribution in [-0.4, -0.2) is 28.6 Å². The predicted octanol–water partition coefficient (Wildman–Crippen LogP) is 1.41. The fraction of sp³-hybridized carbons (Fsp3) is 0.538. The molecule has 5 nitrogen and oxygen atoms in total. The van der Waals surface area contributed by atoms with E-state index in [2.05, 4.69) is 16.5 Å². The van der Waals surface area contributed by atoms with Crippen LogP contribution in [-0.2, 0) is 10.0 Å². The van der Waals surface area contributed by atoms with Crippen LogP contribution in [0, 0.1) is 5.92 Å². The average molecular weight is 283 g/mol. The number of anilines is 2. The lowest BCUT2D eigenvalue weighted by molar-refractivity contribution is 0.588. The van der Waals surface area contributed by atoms with Crippen LogP contribution >= 0.6 is 0 Å². The van der Waals surface area contributed by atoms with Crippen LogP contribution in [0.15, 0.2) is 23.1 Å². The third-order valence-electron chi connectivity index (χ3n) is 3.48. The Morgan fingerprint density at radius 3 is 2.63 bits per heavy atom. The van der Waals surface area contributed by atoms with Gasteiger partial charge in [0.15, 0.2) is 0 Å². The summed E-state index contributed by atoms with van der Waals surface area (Å²) in [6.07, 6.45) is 2.51. The molecule has 0 spiro atoms. The normalized spacial score (nSPS) is 15.5. The summed E-state index contributed by atoms with van der Waals surface area (Å²) in [4.78, 5) is 2.41. The molecule has 19 heavy (non-hydrogen) atoms. The minimum absolute atomic E-state index is 0.258. The monoisotopic (exact) mass is 283 g/mol. The SMILES string of the molecule is CCN(CC1CC1)c1cc(S(=O)(=O)NC)ccc1N. The van der Waals surface area contributed by atoms with Crippen molar-refractivity contribution in [3.63, 3.8) is 0 Å². The third-order valence-corrected chi connectivity index (χ3v) is 4.89. The quantitative estimate of drug-likeness (QED) is 0.774. The van der Waals surface area contributed by atoms with E-state index in [-0.39, 0.29) is 4.90 Å². The first-order chi connectivity index (χ1) is 8.97. The highest BCUT2D eigenvalue weighted by Crippen LogP contribution is 2.33. The molecule has 1 aromatic carbocycles. The van der Waals surface area contributed by atoms with Gasteiger partial charge in [-0.25, -0.2) is 13.1 Å². The van der Waals surface area contributed by atoms with Crippen molar-refractivity contribution in [2.45, 2.75) is 24.7 Å². The molecule has 1 fully saturated rings. The second kappa shape index (κ2) is 5.38. The van der Waals surface area contributed by atoms with Crippen LogP contribution in [0.2, 0.25) is 0 Å². The van der Waals surface area contributed by atoms with Gasteiger partial charge in [-0.2, -0.15) is 0 Å². The highest BCUT2D eigenvalue weighted by molar-refractivity contribution is 7.89. The lowest BCUT2D eigenvalue weighted by atomic mass is 10.2. The second-order valence-electron chi connectivity index (χ2n) is 4.91. The van der Waals surface area contributed by atoms with Crippen molar-refractivity contribution in [2.75, 3.05) is 30.8 Å². The number of nitrogen functional groups attached to an aromatic ring is 1. The van der Waals surface area contributed by atoms with Crippen molar-refractivity contribution in [3.8, 4) is 0 Å². The smallest absolute Gasteiger partial charge is 0.240 e. The van der Waals surface area contributed by atoms with Gasteiger partial charge in [0.1, 0.15) is 0 Å². The average Bonchev–Trinajstić information content (AvgIpc) is 3.20. The highest BCUT2D eigenvalue weighted by atomic mass is 32.2. The largest absolute Gasteiger partial charge is 0.397 e. The molecule has 0 aliphatic heterocycles. The molecule has 0 radical (unpaired) electrons. The summed E-state index contributed by atoms with van der Waals surface area (Å²) in [7, 11) is -2.01. The van der Waals surface area contributed by atoms with E-state index in [1.807, 2.05) is 0 Å². The number of nitrogens with zero attached hydrogens (tertiary/aromatic N) is 1. The van der Waals surface area contributed by atoms with Crippen molar-refractivity contribution in [3.05, 3.63) is 18.2 Å². The number of nitrogens with one attached hydrogen (secondary N) is 1. The molecule has 0 atom stereocenters. The summed E-state index contributed by atoms with van der Waals surface area (Å²) >= 11 is 0. The summed E-state index contributed by atoms with van der Waals surface area (Å²) in [5.74, 6) is 0.726. The van der Waals surface area contributed by atoms with Crippen LogP contribution in [0.4, 0.5) is 11.4 Å². The van der Waals surface area contributed by atoms with Crippen molar-refractivity contribution < 1.29 is 8.42 Å². The molecule has 0 bridgehead atoms. The predicted molar refractivity (Wildman–Crippen MR) is 77.7 cm³/mol. The number of sulfonamides is 1. The topological polar surface area (TPSA) is 75.4 Å². The zero-order valence-electron chi connectivity index (χ0n) is 11.4. The lowest BCUT2D eigenvalue weighted by Crippen LogP contribution is -2.27. The van der Waals surface area contributed by atoms with Gasteiger partial charge >= 0.3 is 0 Å². The molecular weight excluding hydrogens is 262 g/mol. The van der Waals surface area contributed by atoms with Crippen LogP contribution in [0.5, 0.6) is 0 Å². The first-order valence-corrected chi connectivity index (χ1v) is 8.04. The van der Waals surface area contributed by atoms with E-state index in [9.17, 15) is 8.42 Å². The number of hydrogen-bond acceptors (Lipinski definition) is 4. The van der Waals surface area contributed by atoms with E-state index in [4.69, 9.17) is 5.73 Å². The fourth-order valence-corrected chi connectivity index (χ4v) is 2.84. The molecule has 3 N–H and O–H groups in total. The van der Waals surface area contributed by atoms with E-state index in [1.165, 1.54) is 26.0 Å². The number of nitrogens with two attached hydrogens (primary N) is 1. The Balaban J connectivity index is 2.34. The molecule has 1 saturated carbocycles.